The second-order valence-corrected chi connectivity index (χ2v) is 14.4. The zero-order valence-electron chi connectivity index (χ0n) is 16.6. The highest BCUT2D eigenvalue weighted by Crippen LogP contribution is 2.51. The van der Waals surface area contributed by atoms with E-state index >= 15 is 0 Å². The molecule has 0 saturated heterocycles. The maximum Gasteiger partial charge on any atom is 0.192 e. The minimum Gasteiger partial charge on any atom is -0.410 e. The highest BCUT2D eigenvalue weighted by atomic mass is 28.4. The summed E-state index contributed by atoms with van der Waals surface area (Å²) >= 11 is 0. The summed E-state index contributed by atoms with van der Waals surface area (Å²) in [5.74, 6) is -0.0515. The summed E-state index contributed by atoms with van der Waals surface area (Å²) in [6.07, 6.45) is 7.09. The summed E-state index contributed by atoms with van der Waals surface area (Å²) in [7, 11) is -1.95. The Hall–Kier alpha value is -0.713. The molecule has 3 atom stereocenters. The van der Waals surface area contributed by atoms with Gasteiger partial charge in [0.05, 0.1) is 6.10 Å². The van der Waals surface area contributed by atoms with E-state index in [0.717, 1.165) is 6.42 Å². The van der Waals surface area contributed by atoms with E-state index in [1.54, 1.807) is 0 Å². The Labute approximate surface area is 148 Å². The normalized spacial score (nSPS) is 33.7. The summed E-state index contributed by atoms with van der Waals surface area (Å²) in [4.78, 5) is 12.8. The molecule has 0 aliphatic heterocycles. The molecular formula is C20H34O3Si. The molecule has 0 aromatic rings. The molecule has 3 nitrogen and oxygen atoms in total. The van der Waals surface area contributed by atoms with Gasteiger partial charge in [0.25, 0.3) is 0 Å². The van der Waals surface area contributed by atoms with Crippen molar-refractivity contribution >= 4 is 14.1 Å². The lowest BCUT2D eigenvalue weighted by Gasteiger charge is -2.47. The molecule has 2 rings (SSSR count). The summed E-state index contributed by atoms with van der Waals surface area (Å²) in [6, 6.07) is 0. The summed E-state index contributed by atoms with van der Waals surface area (Å²) < 4.78 is 6.72. The first-order valence-corrected chi connectivity index (χ1v) is 11.9. The van der Waals surface area contributed by atoms with Crippen LogP contribution in [0.5, 0.6) is 0 Å². The quantitative estimate of drug-likeness (QED) is 0.583. The third kappa shape index (κ3) is 2.97. The van der Waals surface area contributed by atoms with Crippen molar-refractivity contribution in [3.63, 3.8) is 0 Å². The van der Waals surface area contributed by atoms with Crippen molar-refractivity contribution in [2.45, 2.75) is 84.2 Å². The molecular weight excluding hydrogens is 316 g/mol. The van der Waals surface area contributed by atoms with Gasteiger partial charge in [-0.05, 0) is 43.0 Å². The molecule has 0 saturated carbocycles. The van der Waals surface area contributed by atoms with Crippen LogP contribution in [0.1, 0.15) is 54.4 Å². The molecule has 136 valence electrons. The smallest absolute Gasteiger partial charge is 0.192 e. The minimum atomic E-state index is -1.95. The van der Waals surface area contributed by atoms with Crippen LogP contribution >= 0.6 is 0 Å². The van der Waals surface area contributed by atoms with Gasteiger partial charge in [-0.15, -0.1) is 0 Å². The fourth-order valence-electron chi connectivity index (χ4n) is 3.66. The van der Waals surface area contributed by atoms with Crippen LogP contribution < -0.4 is 0 Å². The zero-order chi connectivity index (χ0) is 18.6. The molecule has 0 aromatic heterocycles. The lowest BCUT2D eigenvalue weighted by Crippen LogP contribution is -2.56. The lowest BCUT2D eigenvalue weighted by molar-refractivity contribution is -0.153. The molecule has 0 unspecified atom stereocenters. The third-order valence-electron chi connectivity index (χ3n) is 6.78. The molecule has 0 amide bonds. The standard InChI is InChI=1S/C20H34O3Si/c1-14-11-12-15-16(23-24(7,8)18(2,3)4)10-9-13-20(22,17(14)21)19(15,5)6/h9-11,15-16,22H,12-13H2,1-8H3/t15-,16-,20+/m0/s1. The second-order valence-electron chi connectivity index (χ2n) is 9.62. The van der Waals surface area contributed by atoms with Crippen LogP contribution in [0, 0.1) is 11.3 Å². The van der Waals surface area contributed by atoms with Gasteiger partial charge in [-0.2, -0.15) is 0 Å². The SMILES string of the molecule is CC1=CC[C@H]2[C@@H](O[Si](C)(C)C(C)(C)C)C=CC[C@@](O)(C1=O)C2(C)C. The molecule has 2 aliphatic carbocycles. The van der Waals surface area contributed by atoms with Crippen LogP contribution in [-0.4, -0.2) is 30.9 Å². The number of rotatable bonds is 2. The van der Waals surface area contributed by atoms with Gasteiger partial charge in [0.2, 0.25) is 0 Å². The van der Waals surface area contributed by atoms with E-state index in [9.17, 15) is 9.90 Å². The van der Waals surface area contributed by atoms with E-state index < -0.39 is 19.3 Å². The molecule has 24 heavy (non-hydrogen) atoms. The first-order chi connectivity index (χ1) is 10.7. The molecule has 2 bridgehead atoms. The van der Waals surface area contributed by atoms with Gasteiger partial charge < -0.3 is 9.53 Å². The monoisotopic (exact) mass is 350 g/mol. The number of hydrogen-bond donors (Lipinski definition) is 1. The van der Waals surface area contributed by atoms with Gasteiger partial charge in [0.15, 0.2) is 14.1 Å². The van der Waals surface area contributed by atoms with Gasteiger partial charge in [0, 0.05) is 11.8 Å². The predicted molar refractivity (Wildman–Crippen MR) is 101 cm³/mol. The van der Waals surface area contributed by atoms with Gasteiger partial charge in [-0.25, -0.2) is 0 Å². The summed E-state index contributed by atoms with van der Waals surface area (Å²) in [5, 5.41) is 11.4. The van der Waals surface area contributed by atoms with Crippen molar-refractivity contribution in [3.05, 3.63) is 23.8 Å². The van der Waals surface area contributed by atoms with E-state index in [1.165, 1.54) is 0 Å². The van der Waals surface area contributed by atoms with E-state index in [1.807, 2.05) is 32.9 Å². The van der Waals surface area contributed by atoms with Crippen molar-refractivity contribution in [2.24, 2.45) is 11.3 Å². The number of fused-ring (bicyclic) bond motifs is 2. The van der Waals surface area contributed by atoms with Gasteiger partial charge in [-0.1, -0.05) is 52.8 Å². The fraction of sp³-hybridized carbons (Fsp3) is 0.750. The number of hydrogen-bond acceptors (Lipinski definition) is 3. The van der Waals surface area contributed by atoms with Crippen molar-refractivity contribution < 1.29 is 14.3 Å². The summed E-state index contributed by atoms with van der Waals surface area (Å²) in [6.45, 7) is 17.1. The van der Waals surface area contributed by atoms with Gasteiger partial charge >= 0.3 is 0 Å². The Morgan fingerprint density at radius 2 is 1.88 bits per heavy atom. The zero-order valence-corrected chi connectivity index (χ0v) is 17.6. The van der Waals surface area contributed by atoms with E-state index in [2.05, 4.69) is 39.9 Å². The van der Waals surface area contributed by atoms with Crippen molar-refractivity contribution in [1.82, 2.24) is 0 Å². The van der Waals surface area contributed by atoms with Crippen LogP contribution in [0.4, 0.5) is 0 Å². The first-order valence-electron chi connectivity index (χ1n) is 9.02. The number of Topliss-reactive ketones (excluding diaryl/α,β-unsaturated/α-hetero) is 1. The summed E-state index contributed by atoms with van der Waals surface area (Å²) in [5.41, 5.74) is -1.22. The van der Waals surface area contributed by atoms with Crippen LogP contribution in [0.25, 0.3) is 0 Å². The van der Waals surface area contributed by atoms with Crippen molar-refractivity contribution in [1.29, 1.82) is 0 Å². The van der Waals surface area contributed by atoms with Crippen molar-refractivity contribution in [3.8, 4) is 0 Å². The minimum absolute atomic E-state index is 0.0649. The number of ketones is 1. The number of aliphatic hydroxyl groups is 1. The number of allylic oxidation sites excluding steroid dienone is 1. The highest BCUT2D eigenvalue weighted by molar-refractivity contribution is 6.74. The molecule has 4 heteroatoms. The predicted octanol–water partition coefficient (Wildman–Crippen LogP) is 4.63. The molecule has 0 radical (unpaired) electrons. The molecule has 0 heterocycles. The molecule has 2 aliphatic rings. The molecule has 0 fully saturated rings. The highest BCUT2D eigenvalue weighted by Gasteiger charge is 2.57. The van der Waals surface area contributed by atoms with E-state index in [-0.39, 0.29) is 22.8 Å². The fourth-order valence-corrected chi connectivity index (χ4v) is 4.94. The maximum absolute atomic E-state index is 12.8. The van der Waals surface area contributed by atoms with Crippen LogP contribution in [0.3, 0.4) is 0 Å². The third-order valence-corrected chi connectivity index (χ3v) is 11.3. The topological polar surface area (TPSA) is 46.5 Å². The Balaban J connectivity index is 2.46. The van der Waals surface area contributed by atoms with Crippen LogP contribution in [0.15, 0.2) is 23.8 Å². The average molecular weight is 351 g/mol. The molecule has 0 spiro atoms. The van der Waals surface area contributed by atoms with Crippen LogP contribution in [0.2, 0.25) is 18.1 Å². The van der Waals surface area contributed by atoms with E-state index in [0.29, 0.717) is 12.0 Å². The van der Waals surface area contributed by atoms with Crippen LogP contribution in [-0.2, 0) is 9.22 Å². The maximum atomic E-state index is 12.8. The average Bonchev–Trinajstić information content (AvgIpc) is 2.54. The number of carbonyl (C=O) groups is 1. The van der Waals surface area contributed by atoms with Gasteiger partial charge in [-0.3, -0.25) is 4.79 Å². The Bertz CT molecular complexity index is 580. The van der Waals surface area contributed by atoms with Crippen molar-refractivity contribution in [2.75, 3.05) is 0 Å². The Kier molecular flexibility index (Phi) is 4.84. The Morgan fingerprint density at radius 1 is 1.29 bits per heavy atom. The largest absolute Gasteiger partial charge is 0.410 e. The second kappa shape index (κ2) is 5.92. The first kappa shape index (κ1) is 19.6. The van der Waals surface area contributed by atoms with E-state index in [4.69, 9.17) is 4.43 Å². The lowest BCUT2D eigenvalue weighted by atomic mass is 9.63. The Morgan fingerprint density at radius 3 is 2.42 bits per heavy atom. The molecule has 1 N–H and O–H groups in total. The van der Waals surface area contributed by atoms with Gasteiger partial charge in [0.1, 0.15) is 5.60 Å². The molecule has 0 aromatic carbocycles. The number of carbonyl (C=O) groups excluding carboxylic acids is 1.